The van der Waals surface area contributed by atoms with Crippen molar-refractivity contribution in [3.8, 4) is 0 Å². The average molecular weight is 458 g/mol. The van der Waals surface area contributed by atoms with Crippen LogP contribution in [0.3, 0.4) is 0 Å². The van der Waals surface area contributed by atoms with Gasteiger partial charge in [-0.05, 0) is 50.9 Å². The number of hydrogen-bond acceptors (Lipinski definition) is 7. The molecule has 0 spiro atoms. The molecule has 0 radical (unpaired) electrons. The lowest BCUT2D eigenvalue weighted by atomic mass is 10.0. The molecule has 29 heavy (non-hydrogen) atoms. The Labute approximate surface area is 172 Å². The molecule has 0 amide bonds. The van der Waals surface area contributed by atoms with Crippen LogP contribution in [0, 0.1) is 5.82 Å². The summed E-state index contributed by atoms with van der Waals surface area (Å²) in [5.41, 5.74) is 4.85. The van der Waals surface area contributed by atoms with Gasteiger partial charge in [-0.3, -0.25) is 20.5 Å². The first-order valence-electron chi connectivity index (χ1n) is 8.49. The van der Waals surface area contributed by atoms with Crippen LogP contribution in [0.25, 0.3) is 0 Å². The normalized spacial score (nSPS) is 12.9. The van der Waals surface area contributed by atoms with E-state index in [-0.39, 0.29) is 33.9 Å². The van der Waals surface area contributed by atoms with Crippen molar-refractivity contribution in [1.29, 1.82) is 0 Å². The molecule has 0 bridgehead atoms. The highest BCUT2D eigenvalue weighted by atomic mass is 79.9. The summed E-state index contributed by atoms with van der Waals surface area (Å²) in [5.74, 6) is -0.754. The maximum Gasteiger partial charge on any atom is 0.182 e. The van der Waals surface area contributed by atoms with Crippen molar-refractivity contribution in [1.82, 2.24) is 15.8 Å². The molecule has 4 rings (SSSR count). The summed E-state index contributed by atoms with van der Waals surface area (Å²) in [7, 11) is 0. The number of nitrogens with one attached hydrogen (secondary N) is 1. The fourth-order valence-corrected chi connectivity index (χ4v) is 3.21. The van der Waals surface area contributed by atoms with Gasteiger partial charge in [-0.15, -0.1) is 0 Å². The summed E-state index contributed by atoms with van der Waals surface area (Å²) in [4.78, 5) is 21.1. The van der Waals surface area contributed by atoms with Crippen molar-refractivity contribution < 1.29 is 19.0 Å². The largest absolute Gasteiger partial charge is 0.294 e. The van der Waals surface area contributed by atoms with Crippen LogP contribution in [0.15, 0.2) is 55.5 Å². The van der Waals surface area contributed by atoms with Crippen LogP contribution in [0.4, 0.5) is 15.8 Å². The smallest absolute Gasteiger partial charge is 0.182 e. The van der Waals surface area contributed by atoms with Gasteiger partial charge in [0.15, 0.2) is 17.3 Å². The summed E-state index contributed by atoms with van der Waals surface area (Å²) >= 11 is 3.07. The molecular weight excluding hydrogens is 445 g/mol. The van der Waals surface area contributed by atoms with E-state index >= 15 is 0 Å². The molecule has 0 saturated heterocycles. The number of hydrogen-bond donors (Lipinski definition) is 2. The van der Waals surface area contributed by atoms with Crippen LogP contribution in [0.5, 0.6) is 0 Å². The third kappa shape index (κ3) is 3.98. The topological polar surface area (TPSA) is 113 Å². The van der Waals surface area contributed by atoms with E-state index in [2.05, 4.69) is 36.2 Å². The minimum absolute atomic E-state index is 0.0699. The van der Waals surface area contributed by atoms with Gasteiger partial charge in [-0.2, -0.15) is 0 Å². The van der Waals surface area contributed by atoms with Crippen molar-refractivity contribution in [3.05, 3.63) is 69.2 Å². The van der Waals surface area contributed by atoms with Crippen molar-refractivity contribution in [2.75, 3.05) is 0 Å². The minimum Gasteiger partial charge on any atom is -0.294 e. The molecule has 2 heterocycles. The summed E-state index contributed by atoms with van der Waals surface area (Å²) in [6, 6.07) is 9.39. The van der Waals surface area contributed by atoms with E-state index in [0.29, 0.717) is 11.3 Å². The number of halogens is 2. The third-order valence-corrected chi connectivity index (χ3v) is 4.92. The molecule has 2 aromatic carbocycles. The van der Waals surface area contributed by atoms with E-state index in [4.69, 9.17) is 4.63 Å². The zero-order valence-corrected chi connectivity index (χ0v) is 16.4. The maximum absolute atomic E-state index is 13.4. The number of aliphatic imine (C=N–C) groups is 2. The predicted octanol–water partition coefficient (Wildman–Crippen LogP) is 3.71. The van der Waals surface area contributed by atoms with Crippen LogP contribution < -0.4 is 5.48 Å². The van der Waals surface area contributed by atoms with E-state index in [1.165, 1.54) is 18.2 Å². The Morgan fingerprint density at radius 1 is 1.28 bits per heavy atom. The number of benzene rings is 2. The Morgan fingerprint density at radius 2 is 2.14 bits per heavy atom. The van der Waals surface area contributed by atoms with E-state index in [1.54, 1.807) is 18.3 Å². The number of hydroxylamine groups is 1. The van der Waals surface area contributed by atoms with E-state index in [9.17, 15) is 14.4 Å². The molecule has 1 aliphatic heterocycles. The monoisotopic (exact) mass is 457 g/mol. The summed E-state index contributed by atoms with van der Waals surface area (Å²) in [6.07, 6.45) is 2.43. The summed E-state index contributed by atoms with van der Waals surface area (Å²) < 4.78 is 18.4. The second kappa shape index (κ2) is 8.02. The van der Waals surface area contributed by atoms with Gasteiger partial charge in [0.2, 0.25) is 0 Å². The van der Waals surface area contributed by atoms with Gasteiger partial charge in [0.25, 0.3) is 0 Å². The first-order chi connectivity index (χ1) is 14.0. The number of ketones is 1. The second-order valence-electron chi connectivity index (χ2n) is 6.19. The molecular formula is C19H13BrFN5O3. The number of aromatic nitrogens is 2. The third-order valence-electron chi connectivity index (χ3n) is 4.31. The average Bonchev–Trinajstić information content (AvgIpc) is 3.37. The molecule has 3 aromatic rings. The van der Waals surface area contributed by atoms with Crippen molar-refractivity contribution in [2.24, 2.45) is 9.98 Å². The quantitative estimate of drug-likeness (QED) is 0.261. The van der Waals surface area contributed by atoms with E-state index in [1.807, 2.05) is 11.5 Å². The van der Waals surface area contributed by atoms with Gasteiger partial charge in [-0.25, -0.2) is 14.0 Å². The molecule has 0 fully saturated rings. The van der Waals surface area contributed by atoms with Gasteiger partial charge in [-0.1, -0.05) is 17.3 Å². The number of carbonyl (C=O) groups excluding carboxylic acids is 1. The fraction of sp³-hybridized carbons (Fsp3) is 0.105. The van der Waals surface area contributed by atoms with Gasteiger partial charge in [0, 0.05) is 18.2 Å². The number of rotatable bonds is 5. The predicted molar refractivity (Wildman–Crippen MR) is 106 cm³/mol. The van der Waals surface area contributed by atoms with Crippen LogP contribution in [-0.4, -0.2) is 33.4 Å². The Kier molecular flexibility index (Phi) is 5.28. The molecule has 0 saturated carbocycles. The van der Waals surface area contributed by atoms with Gasteiger partial charge < -0.3 is 0 Å². The molecule has 1 aliphatic rings. The highest BCUT2D eigenvalue weighted by Gasteiger charge is 2.21. The lowest BCUT2D eigenvalue weighted by molar-refractivity contribution is 0.0990. The zero-order valence-electron chi connectivity index (χ0n) is 14.8. The SMILES string of the molecule is O=C(Cc1nonc1C(=Nc1ccc(F)c(Br)c1)NO)c1ccc2c(c1)N=CC2. The van der Waals surface area contributed by atoms with Crippen LogP contribution in [-0.2, 0) is 12.8 Å². The number of fused-ring (bicyclic) bond motifs is 1. The minimum atomic E-state index is -0.449. The summed E-state index contributed by atoms with van der Waals surface area (Å²) in [6.45, 7) is 0. The van der Waals surface area contributed by atoms with E-state index in [0.717, 1.165) is 17.7 Å². The number of nitrogens with zero attached hydrogens (tertiary/aromatic N) is 4. The van der Waals surface area contributed by atoms with E-state index < -0.39 is 5.82 Å². The van der Waals surface area contributed by atoms with Gasteiger partial charge in [0.1, 0.15) is 11.5 Å². The molecule has 0 aliphatic carbocycles. The van der Waals surface area contributed by atoms with Crippen molar-refractivity contribution in [3.63, 3.8) is 0 Å². The Balaban J connectivity index is 1.60. The Bertz CT molecular complexity index is 1160. The van der Waals surface area contributed by atoms with Crippen molar-refractivity contribution in [2.45, 2.75) is 12.8 Å². The summed E-state index contributed by atoms with van der Waals surface area (Å²) in [5, 5.41) is 17.0. The molecule has 146 valence electrons. The Morgan fingerprint density at radius 3 is 2.93 bits per heavy atom. The fourth-order valence-electron chi connectivity index (χ4n) is 2.84. The van der Waals surface area contributed by atoms with Crippen LogP contribution in [0.1, 0.15) is 27.3 Å². The number of carbonyl (C=O) groups is 1. The van der Waals surface area contributed by atoms with Crippen molar-refractivity contribution >= 4 is 45.1 Å². The molecule has 8 nitrogen and oxygen atoms in total. The molecule has 10 heteroatoms. The molecule has 1 aromatic heterocycles. The number of Topliss-reactive ketones (excluding diaryl/α,β-unsaturated/α-hetero) is 1. The highest BCUT2D eigenvalue weighted by Crippen LogP contribution is 2.26. The standard InChI is InChI=1S/C19H13BrFN5O3/c20-13-8-12(3-4-14(13)21)23-19(24-28)18-16(25-29-26-18)9-17(27)11-2-1-10-5-6-22-15(10)7-11/h1-4,6-8,28H,5,9H2,(H,23,24). The number of amidine groups is 1. The Hall–Kier alpha value is -3.24. The van der Waals surface area contributed by atoms with Crippen LogP contribution in [0.2, 0.25) is 0 Å². The van der Waals surface area contributed by atoms with Crippen LogP contribution >= 0.6 is 15.9 Å². The maximum atomic E-state index is 13.4. The first-order valence-corrected chi connectivity index (χ1v) is 9.29. The zero-order chi connectivity index (χ0) is 20.4. The lowest BCUT2D eigenvalue weighted by Crippen LogP contribution is -2.22. The van der Waals surface area contributed by atoms with Gasteiger partial charge >= 0.3 is 0 Å². The van der Waals surface area contributed by atoms with Gasteiger partial charge in [0.05, 0.1) is 22.3 Å². The highest BCUT2D eigenvalue weighted by molar-refractivity contribution is 9.10. The lowest BCUT2D eigenvalue weighted by Gasteiger charge is -2.05. The first kappa shape index (κ1) is 19.1. The second-order valence-corrected chi connectivity index (χ2v) is 7.04. The molecule has 0 atom stereocenters. The molecule has 2 N–H and O–H groups in total. The molecule has 0 unspecified atom stereocenters.